The van der Waals surface area contributed by atoms with Crippen LogP contribution in [-0.2, 0) is 6.18 Å². The Morgan fingerprint density at radius 1 is 1.00 bits per heavy atom. The molecule has 1 aromatic heterocycles. The van der Waals surface area contributed by atoms with Crippen LogP contribution in [0.25, 0.3) is 0 Å². The summed E-state index contributed by atoms with van der Waals surface area (Å²) in [6.07, 6.45) is -3.52. The molecule has 6 nitrogen and oxygen atoms in total. The highest BCUT2D eigenvalue weighted by atomic mass is 19.4. The van der Waals surface area contributed by atoms with Crippen molar-refractivity contribution < 1.29 is 27.2 Å². The summed E-state index contributed by atoms with van der Waals surface area (Å²) in [7, 11) is 3.10. The van der Waals surface area contributed by atoms with E-state index in [9.17, 15) is 27.2 Å². The number of aryl methyl sites for hydroxylation is 1. The highest BCUT2D eigenvalue weighted by Gasteiger charge is 2.32. The van der Waals surface area contributed by atoms with Gasteiger partial charge in [-0.05, 0) is 42.8 Å². The predicted octanol–water partition coefficient (Wildman–Crippen LogP) is 4.93. The summed E-state index contributed by atoms with van der Waals surface area (Å²) in [6, 6.07) is 10.2. The molecular weight excluding hydrogens is 440 g/mol. The number of nitrogens with zero attached hydrogens (tertiary/aromatic N) is 2. The van der Waals surface area contributed by atoms with Crippen LogP contribution in [0.1, 0.15) is 31.8 Å². The Balaban J connectivity index is 2.05. The van der Waals surface area contributed by atoms with E-state index >= 15 is 0 Å². The second-order valence-corrected chi connectivity index (χ2v) is 7.20. The summed E-state index contributed by atoms with van der Waals surface area (Å²) < 4.78 is 53.0. The highest BCUT2D eigenvalue weighted by molar-refractivity contribution is 6.07. The molecule has 2 aromatic carbocycles. The van der Waals surface area contributed by atoms with Crippen molar-refractivity contribution in [1.82, 2.24) is 10.3 Å². The van der Waals surface area contributed by atoms with Crippen molar-refractivity contribution in [2.45, 2.75) is 13.1 Å². The minimum Gasteiger partial charge on any atom is -0.355 e. The quantitative estimate of drug-likeness (QED) is 0.530. The number of halogens is 4. The second kappa shape index (κ2) is 9.27. The minimum absolute atomic E-state index is 0.0599. The Labute approximate surface area is 187 Å². The lowest BCUT2D eigenvalue weighted by molar-refractivity contribution is -0.137. The van der Waals surface area contributed by atoms with E-state index in [1.54, 1.807) is 18.0 Å². The molecule has 0 aliphatic heterocycles. The van der Waals surface area contributed by atoms with Gasteiger partial charge in [0, 0.05) is 31.5 Å². The number of anilines is 3. The normalized spacial score (nSPS) is 11.1. The number of carbonyl (C=O) groups is 2. The third kappa shape index (κ3) is 5.28. The molecule has 0 saturated heterocycles. The number of hydrogen-bond donors (Lipinski definition) is 2. The first-order valence-electron chi connectivity index (χ1n) is 9.72. The molecule has 0 saturated carbocycles. The Kier molecular flexibility index (Phi) is 6.66. The van der Waals surface area contributed by atoms with Crippen LogP contribution in [0.2, 0.25) is 0 Å². The molecule has 0 atom stereocenters. The van der Waals surface area contributed by atoms with Crippen LogP contribution < -0.4 is 15.5 Å². The Morgan fingerprint density at radius 3 is 2.33 bits per heavy atom. The van der Waals surface area contributed by atoms with Gasteiger partial charge in [0.15, 0.2) is 5.82 Å². The number of amides is 2. The molecule has 3 rings (SSSR count). The number of pyridine rings is 1. The molecule has 0 bridgehead atoms. The molecule has 33 heavy (non-hydrogen) atoms. The SMILES string of the molecule is CNC(=O)c1cnc(N(C)c2ccccc2C)c(NC(=O)c2cc(F)cc(C(F)(F)F)c2)c1. The fraction of sp³-hybridized carbons (Fsp3) is 0.174. The van der Waals surface area contributed by atoms with Crippen LogP contribution in [0.15, 0.2) is 54.7 Å². The van der Waals surface area contributed by atoms with Crippen molar-refractivity contribution in [2.75, 3.05) is 24.3 Å². The topological polar surface area (TPSA) is 74.3 Å². The number of carbonyl (C=O) groups excluding carboxylic acids is 2. The number of benzene rings is 2. The van der Waals surface area contributed by atoms with Gasteiger partial charge in [-0.2, -0.15) is 13.2 Å². The lowest BCUT2D eigenvalue weighted by Crippen LogP contribution is -2.22. The highest BCUT2D eigenvalue weighted by Crippen LogP contribution is 2.33. The van der Waals surface area contributed by atoms with E-state index in [1.807, 2.05) is 25.1 Å². The number of aromatic nitrogens is 1. The van der Waals surface area contributed by atoms with Gasteiger partial charge >= 0.3 is 6.18 Å². The molecular formula is C23H20F4N4O2. The lowest BCUT2D eigenvalue weighted by Gasteiger charge is -2.23. The predicted molar refractivity (Wildman–Crippen MR) is 116 cm³/mol. The smallest absolute Gasteiger partial charge is 0.355 e. The van der Waals surface area contributed by atoms with Gasteiger partial charge in [0.25, 0.3) is 11.8 Å². The number of alkyl halides is 3. The average Bonchev–Trinajstić information content (AvgIpc) is 2.77. The zero-order chi connectivity index (χ0) is 24.3. The molecule has 0 spiro atoms. The average molecular weight is 460 g/mol. The maximum absolute atomic E-state index is 13.8. The molecule has 172 valence electrons. The largest absolute Gasteiger partial charge is 0.416 e. The number of hydrogen-bond acceptors (Lipinski definition) is 4. The van der Waals surface area contributed by atoms with Gasteiger partial charge in [-0.25, -0.2) is 9.37 Å². The van der Waals surface area contributed by atoms with E-state index in [0.29, 0.717) is 18.2 Å². The van der Waals surface area contributed by atoms with Crippen molar-refractivity contribution in [2.24, 2.45) is 0 Å². The lowest BCUT2D eigenvalue weighted by atomic mass is 10.1. The first-order chi connectivity index (χ1) is 15.5. The van der Waals surface area contributed by atoms with Crippen LogP contribution in [0, 0.1) is 12.7 Å². The maximum Gasteiger partial charge on any atom is 0.416 e. The van der Waals surface area contributed by atoms with E-state index in [0.717, 1.165) is 11.3 Å². The van der Waals surface area contributed by atoms with E-state index < -0.39 is 34.9 Å². The molecule has 1 heterocycles. The fourth-order valence-corrected chi connectivity index (χ4v) is 3.22. The fourth-order valence-electron chi connectivity index (χ4n) is 3.22. The van der Waals surface area contributed by atoms with Crippen molar-refractivity contribution >= 4 is 29.0 Å². The van der Waals surface area contributed by atoms with E-state index in [2.05, 4.69) is 15.6 Å². The van der Waals surface area contributed by atoms with Crippen molar-refractivity contribution in [3.8, 4) is 0 Å². The summed E-state index contributed by atoms with van der Waals surface area (Å²) in [5, 5.41) is 4.90. The van der Waals surface area contributed by atoms with Gasteiger partial charge in [-0.1, -0.05) is 18.2 Å². The Hall–Kier alpha value is -3.95. The summed E-state index contributed by atoms with van der Waals surface area (Å²) in [6.45, 7) is 1.87. The van der Waals surface area contributed by atoms with Gasteiger partial charge in [0.05, 0.1) is 16.8 Å². The molecule has 10 heteroatoms. The van der Waals surface area contributed by atoms with Crippen LogP contribution in [0.4, 0.5) is 34.8 Å². The second-order valence-electron chi connectivity index (χ2n) is 7.20. The number of nitrogens with one attached hydrogen (secondary N) is 2. The monoisotopic (exact) mass is 460 g/mol. The van der Waals surface area contributed by atoms with E-state index in [-0.39, 0.29) is 17.1 Å². The van der Waals surface area contributed by atoms with Crippen LogP contribution in [0.3, 0.4) is 0 Å². The van der Waals surface area contributed by atoms with Crippen molar-refractivity contribution in [3.63, 3.8) is 0 Å². The summed E-state index contributed by atoms with van der Waals surface area (Å²) in [5.41, 5.74) is 0.00152. The van der Waals surface area contributed by atoms with E-state index in [4.69, 9.17) is 0 Å². The summed E-state index contributed by atoms with van der Waals surface area (Å²) in [5.74, 6) is -2.44. The van der Waals surface area contributed by atoms with Gasteiger partial charge in [0.2, 0.25) is 0 Å². The van der Waals surface area contributed by atoms with Gasteiger partial charge in [0.1, 0.15) is 5.82 Å². The van der Waals surface area contributed by atoms with Gasteiger partial charge < -0.3 is 15.5 Å². The molecule has 0 aliphatic carbocycles. The van der Waals surface area contributed by atoms with E-state index in [1.165, 1.54) is 19.3 Å². The Bertz CT molecular complexity index is 1210. The van der Waals surface area contributed by atoms with Crippen LogP contribution in [0.5, 0.6) is 0 Å². The first kappa shape index (κ1) is 23.7. The molecule has 2 N–H and O–H groups in total. The zero-order valence-corrected chi connectivity index (χ0v) is 17.9. The molecule has 0 fully saturated rings. The van der Waals surface area contributed by atoms with Gasteiger partial charge in [-0.3, -0.25) is 9.59 Å². The molecule has 2 amide bonds. The Morgan fingerprint density at radius 2 is 1.70 bits per heavy atom. The van der Waals surface area contributed by atoms with Crippen molar-refractivity contribution in [3.05, 3.63) is 82.8 Å². The third-order valence-electron chi connectivity index (χ3n) is 4.89. The van der Waals surface area contributed by atoms with Crippen LogP contribution in [-0.4, -0.2) is 30.9 Å². The molecule has 0 radical (unpaired) electrons. The standard InChI is InChI=1S/C23H20F4N4O2/c1-13-6-4-5-7-19(13)31(3)20-18(10-15(12-29-20)21(32)28-2)30-22(33)14-8-16(23(25,26)27)11-17(24)9-14/h4-12H,1-3H3,(H,28,32)(H,30,33). The van der Waals surface area contributed by atoms with Crippen molar-refractivity contribution in [1.29, 1.82) is 0 Å². The summed E-state index contributed by atoms with van der Waals surface area (Å²) >= 11 is 0. The third-order valence-corrected chi connectivity index (χ3v) is 4.89. The zero-order valence-electron chi connectivity index (χ0n) is 17.9. The first-order valence-corrected chi connectivity index (χ1v) is 9.72. The summed E-state index contributed by atoms with van der Waals surface area (Å²) in [4.78, 5) is 30.8. The van der Waals surface area contributed by atoms with Crippen LogP contribution >= 0.6 is 0 Å². The number of para-hydroxylation sites is 1. The molecule has 0 aliphatic rings. The number of rotatable bonds is 5. The molecule has 3 aromatic rings. The maximum atomic E-state index is 13.8. The van der Waals surface area contributed by atoms with Gasteiger partial charge in [-0.15, -0.1) is 0 Å². The molecule has 0 unspecified atom stereocenters. The minimum atomic E-state index is -4.83.